The van der Waals surface area contributed by atoms with E-state index in [1.165, 1.54) is 19.1 Å². The number of azo groups is 1. The van der Waals surface area contributed by atoms with Crippen LogP contribution in [0.4, 0.5) is 11.4 Å². The zero-order chi connectivity index (χ0) is 23.1. The molecular weight excluding hydrogens is 495 g/mol. The fourth-order valence-electron chi connectivity index (χ4n) is 2.57. The molecule has 2 aromatic carbocycles. The van der Waals surface area contributed by atoms with Crippen molar-refractivity contribution >= 4 is 66.4 Å². The fraction of sp³-hybridized carbons (Fsp3) is 0.125. The molecule has 3 rings (SSSR count). The lowest BCUT2D eigenvalue weighted by Gasteiger charge is -2.13. The normalized spacial score (nSPS) is 17.5. The topological polar surface area (TPSA) is 166 Å². The monoisotopic (exact) mass is 506 g/mol. The third-order valence-corrected chi connectivity index (χ3v) is 6.47. The van der Waals surface area contributed by atoms with Crippen LogP contribution in [0.25, 0.3) is 0 Å². The molecule has 0 aliphatic carbocycles. The third kappa shape index (κ3) is 4.92. The second kappa shape index (κ2) is 8.26. The Kier molecular flexibility index (Phi) is 6.19. The molecule has 0 radical (unpaired) electrons. The second-order valence-electron chi connectivity index (χ2n) is 6.19. The first-order chi connectivity index (χ1) is 14.3. The van der Waals surface area contributed by atoms with Gasteiger partial charge < -0.3 is 0 Å². The highest BCUT2D eigenvalue weighted by Crippen LogP contribution is 2.34. The molecular formula is C16H12Cl2N4O7S2. The van der Waals surface area contributed by atoms with E-state index in [-0.39, 0.29) is 27.1 Å². The van der Waals surface area contributed by atoms with Gasteiger partial charge in [-0.1, -0.05) is 29.3 Å². The Morgan fingerprint density at radius 3 is 2.29 bits per heavy atom. The van der Waals surface area contributed by atoms with Crippen LogP contribution in [-0.4, -0.2) is 43.6 Å². The molecule has 0 saturated carbocycles. The highest BCUT2D eigenvalue weighted by Gasteiger charge is 2.35. The maximum absolute atomic E-state index is 12.7. The van der Waals surface area contributed by atoms with Gasteiger partial charge in [0.1, 0.15) is 10.6 Å². The number of benzene rings is 2. The number of anilines is 1. The van der Waals surface area contributed by atoms with Crippen molar-refractivity contribution in [2.24, 2.45) is 15.3 Å². The second-order valence-corrected chi connectivity index (χ2v) is 9.82. The summed E-state index contributed by atoms with van der Waals surface area (Å²) < 4.78 is 64.3. The number of hydrogen-bond acceptors (Lipinski definition) is 8. The number of rotatable bonds is 5. The van der Waals surface area contributed by atoms with E-state index >= 15 is 0 Å². The van der Waals surface area contributed by atoms with Crippen molar-refractivity contribution in [3.63, 3.8) is 0 Å². The molecule has 1 amide bonds. The molecule has 1 aliphatic rings. The summed E-state index contributed by atoms with van der Waals surface area (Å²) in [5.41, 5.74) is -0.144. The predicted molar refractivity (Wildman–Crippen MR) is 111 cm³/mol. The van der Waals surface area contributed by atoms with Crippen LogP contribution in [0.3, 0.4) is 0 Å². The summed E-state index contributed by atoms with van der Waals surface area (Å²) in [6.07, 6.45) is 0. The van der Waals surface area contributed by atoms with Crippen LogP contribution >= 0.6 is 23.2 Å². The molecule has 0 fully saturated rings. The number of nitrogens with zero attached hydrogens (tertiary/aromatic N) is 4. The van der Waals surface area contributed by atoms with Crippen LogP contribution in [0.15, 0.2) is 61.5 Å². The molecule has 0 aromatic heterocycles. The zero-order valence-electron chi connectivity index (χ0n) is 15.3. The predicted octanol–water partition coefficient (Wildman–Crippen LogP) is 3.36. The van der Waals surface area contributed by atoms with E-state index in [1.807, 2.05) is 0 Å². The van der Waals surface area contributed by atoms with E-state index < -0.39 is 42.0 Å². The first kappa shape index (κ1) is 23.2. The number of hydrogen-bond donors (Lipinski definition) is 2. The number of halogens is 2. The Labute approximate surface area is 186 Å². The summed E-state index contributed by atoms with van der Waals surface area (Å²) >= 11 is 11.6. The quantitative estimate of drug-likeness (QED) is 0.462. The van der Waals surface area contributed by atoms with Gasteiger partial charge in [0, 0.05) is 0 Å². The Bertz CT molecular complexity index is 1360. The summed E-state index contributed by atoms with van der Waals surface area (Å²) in [7, 11) is -9.23. The van der Waals surface area contributed by atoms with E-state index in [0.717, 1.165) is 29.3 Å². The minimum Gasteiger partial charge on any atom is -0.282 e. The van der Waals surface area contributed by atoms with Gasteiger partial charge in [-0.05, 0) is 37.3 Å². The number of hydrazone groups is 1. The van der Waals surface area contributed by atoms with Crippen molar-refractivity contribution in [3.05, 3.63) is 46.4 Å². The maximum Gasteiger partial charge on any atom is 0.296 e. The number of carbonyl (C=O) groups is 1. The molecule has 15 heteroatoms. The van der Waals surface area contributed by atoms with E-state index in [2.05, 4.69) is 15.3 Å². The standard InChI is InChI=1S/C16H12Cl2N4O7S2/c1-8-15(20-19-13-6-11(17)12(18)7-14(13)31(27,28)29)16(23)22(21-8)9-3-2-4-10(5-9)30(24,25)26/h2-7,15H,1H3,(H,24,25,26)(H,27,28,29)/t15-/m0/s1. The van der Waals surface area contributed by atoms with Crippen molar-refractivity contribution in [2.45, 2.75) is 22.8 Å². The number of carbonyl (C=O) groups excluding carboxylic acids is 1. The van der Waals surface area contributed by atoms with Crippen molar-refractivity contribution in [3.8, 4) is 0 Å². The zero-order valence-corrected chi connectivity index (χ0v) is 18.5. The maximum atomic E-state index is 12.7. The lowest BCUT2D eigenvalue weighted by molar-refractivity contribution is -0.117. The minimum atomic E-state index is -4.72. The fourth-order valence-corrected chi connectivity index (χ4v) is 4.11. The van der Waals surface area contributed by atoms with Gasteiger partial charge in [-0.2, -0.15) is 37.2 Å². The van der Waals surface area contributed by atoms with Crippen molar-refractivity contribution in [2.75, 3.05) is 5.01 Å². The van der Waals surface area contributed by atoms with Crippen molar-refractivity contribution in [1.29, 1.82) is 0 Å². The van der Waals surface area contributed by atoms with Gasteiger partial charge in [0.2, 0.25) is 0 Å². The minimum absolute atomic E-state index is 0.0466. The smallest absolute Gasteiger partial charge is 0.282 e. The van der Waals surface area contributed by atoms with Crippen LogP contribution in [0.5, 0.6) is 0 Å². The van der Waals surface area contributed by atoms with E-state index in [4.69, 9.17) is 23.2 Å². The largest absolute Gasteiger partial charge is 0.296 e. The first-order valence-corrected chi connectivity index (χ1v) is 11.8. The molecule has 0 saturated heterocycles. The lowest BCUT2D eigenvalue weighted by atomic mass is 10.2. The Hall–Kier alpha value is -2.42. The van der Waals surface area contributed by atoms with Crippen LogP contribution in [0, 0.1) is 0 Å². The highest BCUT2D eigenvalue weighted by atomic mass is 35.5. The van der Waals surface area contributed by atoms with Gasteiger partial charge in [-0.3, -0.25) is 13.9 Å². The SMILES string of the molecule is CC1=NN(c2cccc(S(=O)(=O)O)c2)C(=O)[C@H]1N=Nc1cc(Cl)c(Cl)cc1S(=O)(=O)O. The summed E-state index contributed by atoms with van der Waals surface area (Å²) in [6, 6.07) is 5.54. The molecule has 2 aromatic rings. The Morgan fingerprint density at radius 1 is 1.03 bits per heavy atom. The third-order valence-electron chi connectivity index (χ3n) is 4.02. The molecule has 1 heterocycles. The van der Waals surface area contributed by atoms with E-state index in [9.17, 15) is 30.7 Å². The molecule has 2 N–H and O–H groups in total. The molecule has 0 spiro atoms. The molecule has 31 heavy (non-hydrogen) atoms. The van der Waals surface area contributed by atoms with Gasteiger partial charge in [0.15, 0.2) is 6.04 Å². The molecule has 164 valence electrons. The summed E-state index contributed by atoms with van der Waals surface area (Å²) in [5, 5.41) is 12.2. The lowest BCUT2D eigenvalue weighted by Crippen LogP contribution is -2.29. The van der Waals surface area contributed by atoms with Crippen LogP contribution in [0.1, 0.15) is 6.92 Å². The molecule has 0 unspecified atom stereocenters. The summed E-state index contributed by atoms with van der Waals surface area (Å²) in [6.45, 7) is 1.45. The number of amides is 1. The average Bonchev–Trinajstić information content (AvgIpc) is 2.95. The molecule has 0 bridgehead atoms. The van der Waals surface area contributed by atoms with Gasteiger partial charge >= 0.3 is 0 Å². The van der Waals surface area contributed by atoms with E-state index in [1.54, 1.807) is 0 Å². The van der Waals surface area contributed by atoms with Gasteiger partial charge in [-0.15, -0.1) is 0 Å². The van der Waals surface area contributed by atoms with E-state index in [0.29, 0.717) is 0 Å². The van der Waals surface area contributed by atoms with Gasteiger partial charge in [-0.25, -0.2) is 0 Å². The summed E-state index contributed by atoms with van der Waals surface area (Å²) in [5.74, 6) is -0.720. The van der Waals surface area contributed by atoms with Crippen LogP contribution in [-0.2, 0) is 25.0 Å². The first-order valence-electron chi connectivity index (χ1n) is 8.13. The molecule has 1 atom stereocenters. The average molecular weight is 507 g/mol. The molecule has 1 aliphatic heterocycles. The highest BCUT2D eigenvalue weighted by molar-refractivity contribution is 7.86. The van der Waals surface area contributed by atoms with Crippen LogP contribution in [0.2, 0.25) is 10.0 Å². The Balaban J connectivity index is 1.96. The van der Waals surface area contributed by atoms with Crippen LogP contribution < -0.4 is 5.01 Å². The van der Waals surface area contributed by atoms with Gasteiger partial charge in [0.25, 0.3) is 26.1 Å². The Morgan fingerprint density at radius 2 is 1.68 bits per heavy atom. The van der Waals surface area contributed by atoms with Crippen molar-refractivity contribution < 1.29 is 30.7 Å². The summed E-state index contributed by atoms with van der Waals surface area (Å²) in [4.78, 5) is 11.6. The molecule has 11 nitrogen and oxygen atoms in total. The van der Waals surface area contributed by atoms with Crippen molar-refractivity contribution in [1.82, 2.24) is 0 Å². The van der Waals surface area contributed by atoms with Gasteiger partial charge in [0.05, 0.1) is 26.3 Å².